The number of para-hydroxylation sites is 1. The van der Waals surface area contributed by atoms with E-state index in [1.165, 1.54) is 0 Å². The Balaban J connectivity index is 1.59. The van der Waals surface area contributed by atoms with Gasteiger partial charge in [0, 0.05) is 5.56 Å². The van der Waals surface area contributed by atoms with Crippen LogP contribution >= 0.6 is 23.1 Å². The molecule has 5 rings (SSSR count). The molecule has 0 aliphatic carbocycles. The lowest BCUT2D eigenvalue weighted by Crippen LogP contribution is -2.15. The minimum Gasteiger partial charge on any atom is -0.481 e. The number of hydrogen-bond donors (Lipinski definition) is 1. The summed E-state index contributed by atoms with van der Waals surface area (Å²) < 4.78 is 8.33. The van der Waals surface area contributed by atoms with Gasteiger partial charge in [-0.05, 0) is 36.8 Å². The van der Waals surface area contributed by atoms with Crippen LogP contribution in [-0.4, -0.2) is 33.0 Å². The van der Waals surface area contributed by atoms with Gasteiger partial charge in [0.15, 0.2) is 0 Å². The number of nitrogens with one attached hydrogen (secondary N) is 1. The number of carbonyl (C=O) groups excluding carboxylic acids is 1. The molecule has 0 unspecified atom stereocenters. The summed E-state index contributed by atoms with van der Waals surface area (Å²) in [6.45, 7) is 2.20. The molecule has 0 fully saturated rings. The zero-order valence-corrected chi connectivity index (χ0v) is 18.3. The lowest BCUT2D eigenvalue weighted by molar-refractivity contribution is -0.113. The molecule has 8 heteroatoms. The topological polar surface area (TPSA) is 69.0 Å². The molecule has 154 valence electrons. The summed E-state index contributed by atoms with van der Waals surface area (Å²) in [4.78, 5) is 17.3. The number of aromatic nitrogens is 3. The van der Waals surface area contributed by atoms with E-state index in [1.54, 1.807) is 27.8 Å². The van der Waals surface area contributed by atoms with Crippen LogP contribution in [0.25, 0.3) is 15.3 Å². The van der Waals surface area contributed by atoms with Gasteiger partial charge in [-0.15, -0.1) is 18.2 Å². The number of fused-ring (bicyclic) bond motifs is 2. The highest BCUT2D eigenvalue weighted by molar-refractivity contribution is 8.00. The SMILES string of the molecule is C#CCOc1ccc([C@@H]2SCC(=O)Nc3c2c(C)nn3-c2nc3ccccc3s2)cc1. The Hall–Kier alpha value is -3.28. The maximum atomic E-state index is 12.5. The predicted octanol–water partition coefficient (Wildman–Crippen LogP) is 4.58. The zero-order valence-electron chi connectivity index (χ0n) is 16.7. The number of anilines is 1. The summed E-state index contributed by atoms with van der Waals surface area (Å²) in [7, 11) is 0. The van der Waals surface area contributed by atoms with Crippen LogP contribution in [0.1, 0.15) is 22.1 Å². The third-order valence-corrected chi connectivity index (χ3v) is 7.26. The summed E-state index contributed by atoms with van der Waals surface area (Å²) in [5, 5.41) is 8.50. The lowest BCUT2D eigenvalue weighted by Gasteiger charge is -2.15. The van der Waals surface area contributed by atoms with E-state index in [0.717, 1.165) is 37.9 Å². The molecule has 1 atom stereocenters. The van der Waals surface area contributed by atoms with E-state index < -0.39 is 0 Å². The molecule has 2 aromatic heterocycles. The molecule has 31 heavy (non-hydrogen) atoms. The van der Waals surface area contributed by atoms with Crippen LogP contribution in [0, 0.1) is 19.3 Å². The van der Waals surface area contributed by atoms with Crippen molar-refractivity contribution in [2.24, 2.45) is 0 Å². The highest BCUT2D eigenvalue weighted by atomic mass is 32.2. The van der Waals surface area contributed by atoms with E-state index in [-0.39, 0.29) is 17.8 Å². The van der Waals surface area contributed by atoms with Gasteiger partial charge >= 0.3 is 0 Å². The maximum Gasteiger partial charge on any atom is 0.235 e. The minimum absolute atomic E-state index is 0.0428. The Morgan fingerprint density at radius 3 is 2.84 bits per heavy atom. The van der Waals surface area contributed by atoms with Crippen LogP contribution in [0.3, 0.4) is 0 Å². The quantitative estimate of drug-likeness (QED) is 0.465. The standard InChI is InChI=1S/C23H18N4O2S2/c1-3-12-29-16-10-8-15(9-11-16)21-20-14(2)26-27(22(20)25-19(28)13-30-21)23-24-17-6-4-5-7-18(17)31-23/h1,4-11,21H,12-13H2,2H3,(H,25,28)/t21-/m0/s1. The summed E-state index contributed by atoms with van der Waals surface area (Å²) >= 11 is 3.13. The van der Waals surface area contributed by atoms with Crippen LogP contribution in [0.4, 0.5) is 5.82 Å². The molecule has 0 spiro atoms. The molecule has 0 radical (unpaired) electrons. The molecular weight excluding hydrogens is 428 g/mol. The van der Waals surface area contributed by atoms with Crippen molar-refractivity contribution in [1.82, 2.24) is 14.8 Å². The van der Waals surface area contributed by atoms with Crippen molar-refractivity contribution in [3.05, 3.63) is 65.4 Å². The molecule has 2 aromatic carbocycles. The first-order chi connectivity index (χ1) is 15.1. The maximum absolute atomic E-state index is 12.5. The first-order valence-electron chi connectivity index (χ1n) is 9.67. The molecule has 1 aliphatic rings. The van der Waals surface area contributed by atoms with Gasteiger partial charge in [0.05, 0.1) is 26.9 Å². The molecule has 1 amide bonds. The number of amides is 1. The summed E-state index contributed by atoms with van der Waals surface area (Å²) in [6.07, 6.45) is 5.27. The Morgan fingerprint density at radius 2 is 2.06 bits per heavy atom. The zero-order chi connectivity index (χ0) is 21.4. The third kappa shape index (κ3) is 3.67. The van der Waals surface area contributed by atoms with Crippen molar-refractivity contribution in [2.75, 3.05) is 17.7 Å². The second kappa shape index (κ2) is 8.10. The van der Waals surface area contributed by atoms with Crippen LogP contribution in [0.2, 0.25) is 0 Å². The number of carbonyl (C=O) groups is 1. The van der Waals surface area contributed by atoms with Gasteiger partial charge in [0.25, 0.3) is 0 Å². The number of terminal acetylenes is 1. The molecule has 0 saturated carbocycles. The number of nitrogens with zero attached hydrogens (tertiary/aromatic N) is 3. The number of hydrogen-bond acceptors (Lipinski definition) is 6. The van der Waals surface area contributed by atoms with E-state index in [9.17, 15) is 4.79 Å². The van der Waals surface area contributed by atoms with E-state index in [4.69, 9.17) is 21.2 Å². The fourth-order valence-corrected chi connectivity index (χ4v) is 5.71. The minimum atomic E-state index is -0.0509. The number of benzene rings is 2. The molecule has 1 aliphatic heterocycles. The van der Waals surface area contributed by atoms with Crippen molar-refractivity contribution >= 4 is 45.0 Å². The molecule has 6 nitrogen and oxygen atoms in total. The van der Waals surface area contributed by atoms with E-state index >= 15 is 0 Å². The van der Waals surface area contributed by atoms with Crippen molar-refractivity contribution in [3.63, 3.8) is 0 Å². The Morgan fingerprint density at radius 1 is 1.26 bits per heavy atom. The first kappa shape index (κ1) is 19.7. The van der Waals surface area contributed by atoms with Gasteiger partial charge < -0.3 is 10.1 Å². The van der Waals surface area contributed by atoms with Gasteiger partial charge in [-0.1, -0.05) is 41.5 Å². The Labute approximate surface area is 187 Å². The van der Waals surface area contributed by atoms with Crippen LogP contribution < -0.4 is 10.1 Å². The number of aryl methyl sites for hydroxylation is 1. The largest absolute Gasteiger partial charge is 0.481 e. The molecule has 3 heterocycles. The van der Waals surface area contributed by atoms with Crippen molar-refractivity contribution in [3.8, 4) is 23.2 Å². The molecule has 4 aromatic rings. The van der Waals surface area contributed by atoms with Crippen molar-refractivity contribution < 1.29 is 9.53 Å². The number of thioether (sulfide) groups is 1. The van der Waals surface area contributed by atoms with E-state index in [1.807, 2.05) is 55.5 Å². The van der Waals surface area contributed by atoms with E-state index in [2.05, 4.69) is 11.2 Å². The highest BCUT2D eigenvalue weighted by Crippen LogP contribution is 2.44. The van der Waals surface area contributed by atoms with Gasteiger partial charge in [-0.2, -0.15) is 9.78 Å². The first-order valence-corrected chi connectivity index (χ1v) is 11.5. The normalized spacial score (nSPS) is 15.7. The van der Waals surface area contributed by atoms with Gasteiger partial charge in [-0.25, -0.2) is 4.98 Å². The fraction of sp³-hybridized carbons (Fsp3) is 0.174. The Kier molecular flexibility index (Phi) is 5.14. The number of ether oxygens (including phenoxy) is 1. The molecular formula is C23H18N4O2S2. The number of thiazole rings is 1. The van der Waals surface area contributed by atoms with Crippen LogP contribution in [-0.2, 0) is 4.79 Å². The van der Waals surface area contributed by atoms with Crippen molar-refractivity contribution in [2.45, 2.75) is 12.2 Å². The molecule has 0 bridgehead atoms. The van der Waals surface area contributed by atoms with Gasteiger partial charge in [-0.3, -0.25) is 4.79 Å². The molecule has 0 saturated heterocycles. The third-order valence-electron chi connectivity index (χ3n) is 4.98. The smallest absolute Gasteiger partial charge is 0.235 e. The monoisotopic (exact) mass is 446 g/mol. The number of rotatable bonds is 4. The average molecular weight is 447 g/mol. The second-order valence-electron chi connectivity index (χ2n) is 7.02. The summed E-state index contributed by atoms with van der Waals surface area (Å²) in [5.41, 5.74) is 3.84. The lowest BCUT2D eigenvalue weighted by atomic mass is 10.0. The fourth-order valence-electron chi connectivity index (χ4n) is 3.60. The van der Waals surface area contributed by atoms with Gasteiger partial charge in [0.2, 0.25) is 11.0 Å². The van der Waals surface area contributed by atoms with Gasteiger partial charge in [0.1, 0.15) is 18.2 Å². The average Bonchev–Trinajstić information content (AvgIpc) is 3.29. The Bertz CT molecular complexity index is 1280. The van der Waals surface area contributed by atoms with Crippen molar-refractivity contribution in [1.29, 1.82) is 0 Å². The predicted molar refractivity (Wildman–Crippen MR) is 125 cm³/mol. The van der Waals surface area contributed by atoms with Crippen LogP contribution in [0.15, 0.2) is 48.5 Å². The summed E-state index contributed by atoms with van der Waals surface area (Å²) in [5.74, 6) is 4.18. The highest BCUT2D eigenvalue weighted by Gasteiger charge is 2.31. The second-order valence-corrected chi connectivity index (χ2v) is 9.13. The van der Waals surface area contributed by atoms with E-state index in [0.29, 0.717) is 11.6 Å². The molecule has 1 N–H and O–H groups in total. The summed E-state index contributed by atoms with van der Waals surface area (Å²) in [6, 6.07) is 15.8. The van der Waals surface area contributed by atoms with Crippen LogP contribution in [0.5, 0.6) is 5.75 Å².